The summed E-state index contributed by atoms with van der Waals surface area (Å²) in [4.78, 5) is 28.6. The molecular weight excluding hydrogens is 280 g/mol. The molecule has 0 amide bonds. The summed E-state index contributed by atoms with van der Waals surface area (Å²) in [5.41, 5.74) is 0.306. The van der Waals surface area contributed by atoms with Gasteiger partial charge in [0.05, 0.1) is 11.9 Å². The third kappa shape index (κ3) is 31.6. The molecule has 0 rings (SSSR count). The minimum atomic E-state index is -1.19. The fourth-order valence-electron chi connectivity index (χ4n) is 0. The molecule has 0 radical (unpaired) electrons. The number of rotatable bonds is 3. The Kier molecular flexibility index (Phi) is 20.8. The smallest absolute Gasteiger partial charge is 0.545 e. The van der Waals surface area contributed by atoms with Crippen LogP contribution in [0.2, 0.25) is 0 Å². The molecule has 1 N–H and O–H groups in total. The Labute approximate surface area is 142 Å². The summed E-state index contributed by atoms with van der Waals surface area (Å²) in [6.07, 6.45) is 0. The molecule has 0 aliphatic carbocycles. The van der Waals surface area contributed by atoms with Crippen LogP contribution >= 0.6 is 0 Å². The van der Waals surface area contributed by atoms with Crippen LogP contribution in [0.15, 0.2) is 36.5 Å². The molecule has 19 heavy (non-hydrogen) atoms. The fraction of sp³-hybridized carbons (Fsp3) is 0.250. The number of carboxylic acid groups (broad SMARTS) is 3. The van der Waals surface area contributed by atoms with Crippen LogP contribution in [0.4, 0.5) is 0 Å². The molecule has 102 valence electrons. The van der Waals surface area contributed by atoms with E-state index in [4.69, 9.17) is 5.11 Å². The molecule has 0 saturated heterocycles. The molecule has 0 aromatic heterocycles. The number of carboxylic acids is 3. The second kappa shape index (κ2) is 14.9. The second-order valence-corrected chi connectivity index (χ2v) is 3.22. The van der Waals surface area contributed by atoms with E-state index in [1.807, 2.05) is 0 Å². The van der Waals surface area contributed by atoms with Crippen molar-refractivity contribution in [3.63, 3.8) is 0 Å². The van der Waals surface area contributed by atoms with Gasteiger partial charge in [0.15, 0.2) is 0 Å². The predicted molar refractivity (Wildman–Crippen MR) is 67.8 cm³/mol. The Hall–Kier alpha value is -1.11. The maximum atomic E-state index is 9.60. The van der Waals surface area contributed by atoms with Gasteiger partial charge in [0.2, 0.25) is 0 Å². The average molecular weight is 296 g/mol. The van der Waals surface area contributed by atoms with Crippen LogP contribution in [0.3, 0.4) is 0 Å². The summed E-state index contributed by atoms with van der Waals surface area (Å²) in [6, 6.07) is 0. The molecule has 0 aliphatic heterocycles. The number of hydrogen-bond acceptors (Lipinski definition) is 5. The van der Waals surface area contributed by atoms with Crippen LogP contribution < -0.4 is 10.2 Å². The van der Waals surface area contributed by atoms with Crippen molar-refractivity contribution in [2.75, 3.05) is 0 Å². The molecule has 0 saturated carbocycles. The van der Waals surface area contributed by atoms with E-state index < -0.39 is 17.9 Å². The van der Waals surface area contributed by atoms with Crippen molar-refractivity contribution in [3.8, 4) is 0 Å². The SMILES string of the molecule is C=C(C)C(=O)O.C=C(C)C(=O)[O-].C=C(C)C(=O)[O-].[Ca+2]. The Morgan fingerprint density at radius 1 is 0.789 bits per heavy atom. The molecule has 7 heteroatoms. The fourth-order valence-corrected chi connectivity index (χ4v) is 0. The summed E-state index contributed by atoms with van der Waals surface area (Å²) in [5, 5.41) is 26.9. The molecule has 6 nitrogen and oxygen atoms in total. The first-order valence-corrected chi connectivity index (χ1v) is 4.55. The van der Waals surface area contributed by atoms with Gasteiger partial charge in [0.1, 0.15) is 0 Å². The summed E-state index contributed by atoms with van der Waals surface area (Å²) in [6.45, 7) is 13.6. The molecule has 0 aliphatic rings. The molecule has 0 fully saturated rings. The first kappa shape index (κ1) is 26.5. The number of carbonyl (C=O) groups excluding carboxylic acids is 2. The number of carbonyl (C=O) groups is 3. The maximum Gasteiger partial charge on any atom is 2.00 e. The van der Waals surface area contributed by atoms with Crippen molar-refractivity contribution in [2.45, 2.75) is 20.8 Å². The zero-order valence-corrected chi connectivity index (χ0v) is 13.5. The first-order valence-electron chi connectivity index (χ1n) is 4.55. The van der Waals surface area contributed by atoms with Gasteiger partial charge in [-0.1, -0.05) is 19.7 Å². The third-order valence-electron chi connectivity index (χ3n) is 1.06. The van der Waals surface area contributed by atoms with Gasteiger partial charge in [0, 0.05) is 5.57 Å². The largest absolute Gasteiger partial charge is 2.00 e. The number of hydrogen-bond donors (Lipinski definition) is 1. The molecule has 0 unspecified atom stereocenters. The van der Waals surface area contributed by atoms with Gasteiger partial charge in [-0.15, -0.1) is 0 Å². The van der Waals surface area contributed by atoms with Crippen molar-refractivity contribution in [1.29, 1.82) is 0 Å². The maximum absolute atomic E-state index is 9.60. The van der Waals surface area contributed by atoms with Gasteiger partial charge in [0.25, 0.3) is 0 Å². The summed E-state index contributed by atoms with van der Waals surface area (Å²) in [7, 11) is 0. The van der Waals surface area contributed by atoms with E-state index in [-0.39, 0.29) is 54.5 Å². The Balaban J connectivity index is -0.0000000865. The van der Waals surface area contributed by atoms with E-state index in [1.54, 1.807) is 0 Å². The van der Waals surface area contributed by atoms with Gasteiger partial charge in [-0.2, -0.15) is 0 Å². The van der Waals surface area contributed by atoms with Crippen LogP contribution in [0.1, 0.15) is 20.8 Å². The van der Waals surface area contributed by atoms with Gasteiger partial charge in [-0.05, 0) is 31.9 Å². The summed E-state index contributed by atoms with van der Waals surface area (Å²) in [5.74, 6) is -3.31. The van der Waals surface area contributed by atoms with Crippen LogP contribution in [-0.2, 0) is 14.4 Å². The molecule has 0 aromatic rings. The zero-order chi connectivity index (χ0) is 15.5. The molecular formula is C12H16CaO6. The van der Waals surface area contributed by atoms with Gasteiger partial charge < -0.3 is 24.9 Å². The monoisotopic (exact) mass is 296 g/mol. The van der Waals surface area contributed by atoms with E-state index in [2.05, 4.69) is 19.7 Å². The van der Waals surface area contributed by atoms with Crippen molar-refractivity contribution < 1.29 is 29.7 Å². The third-order valence-corrected chi connectivity index (χ3v) is 1.06. The standard InChI is InChI=1S/3C4H6O2.Ca/c3*1-3(2)4(5)6;/h3*1H2,2H3,(H,5,6);/q;;;+2/p-2. The van der Waals surface area contributed by atoms with Crippen molar-refractivity contribution in [1.82, 2.24) is 0 Å². The first-order chi connectivity index (χ1) is 7.93. The average Bonchev–Trinajstić information content (AvgIpc) is 2.18. The van der Waals surface area contributed by atoms with Gasteiger partial charge >= 0.3 is 43.7 Å². The van der Waals surface area contributed by atoms with Crippen LogP contribution in [0, 0.1) is 0 Å². The molecule has 0 aromatic carbocycles. The van der Waals surface area contributed by atoms with Crippen molar-refractivity contribution in [3.05, 3.63) is 36.5 Å². The van der Waals surface area contributed by atoms with Crippen molar-refractivity contribution >= 4 is 55.6 Å². The topological polar surface area (TPSA) is 118 Å². The Morgan fingerprint density at radius 3 is 0.895 bits per heavy atom. The van der Waals surface area contributed by atoms with E-state index in [9.17, 15) is 24.6 Å². The van der Waals surface area contributed by atoms with E-state index in [0.29, 0.717) is 0 Å². The van der Waals surface area contributed by atoms with E-state index in [1.165, 1.54) is 20.8 Å². The van der Waals surface area contributed by atoms with Crippen LogP contribution in [0.25, 0.3) is 0 Å². The Bertz CT molecular complexity index is 277. The molecule has 0 bridgehead atoms. The summed E-state index contributed by atoms with van der Waals surface area (Å²) >= 11 is 0. The second-order valence-electron chi connectivity index (χ2n) is 3.22. The number of aliphatic carboxylic acids is 3. The van der Waals surface area contributed by atoms with Crippen LogP contribution in [-0.4, -0.2) is 60.8 Å². The molecule has 0 heterocycles. The van der Waals surface area contributed by atoms with Crippen molar-refractivity contribution in [2.24, 2.45) is 0 Å². The zero-order valence-electron chi connectivity index (χ0n) is 11.3. The minimum absolute atomic E-state index is 0. The minimum Gasteiger partial charge on any atom is -0.545 e. The molecule has 0 spiro atoms. The Morgan fingerprint density at radius 2 is 0.895 bits per heavy atom. The quantitative estimate of drug-likeness (QED) is 0.521. The van der Waals surface area contributed by atoms with E-state index in [0.717, 1.165) is 0 Å². The van der Waals surface area contributed by atoms with Crippen LogP contribution in [0.5, 0.6) is 0 Å². The predicted octanol–water partition coefficient (Wildman–Crippen LogP) is -1.11. The van der Waals surface area contributed by atoms with Gasteiger partial charge in [-0.25, -0.2) is 4.79 Å². The summed E-state index contributed by atoms with van der Waals surface area (Å²) < 4.78 is 0. The molecule has 0 atom stereocenters. The van der Waals surface area contributed by atoms with E-state index >= 15 is 0 Å². The normalized spacial score (nSPS) is 7.11. The van der Waals surface area contributed by atoms with Gasteiger partial charge in [-0.3, -0.25) is 0 Å².